The van der Waals surface area contributed by atoms with Crippen molar-refractivity contribution >= 4 is 5.91 Å². The van der Waals surface area contributed by atoms with E-state index in [4.69, 9.17) is 4.74 Å². The molecule has 2 aromatic heterocycles. The molecule has 32 heavy (non-hydrogen) atoms. The number of nitrogens with zero attached hydrogens (tertiary/aromatic N) is 4. The summed E-state index contributed by atoms with van der Waals surface area (Å²) in [6.45, 7) is 4.32. The third kappa shape index (κ3) is 4.92. The second-order valence-corrected chi connectivity index (χ2v) is 7.29. The Balaban J connectivity index is 1.36. The standard InChI is InChI=1S/C24H23N5O3/c1-17-16-18(2)29(26-17)22-12-13-23(30)28(27-22)15-14-25-24(31)19-8-10-21(11-9-19)32-20-6-4-3-5-7-20/h3-13,16H,14-15H2,1-2H3,(H,25,31). The number of nitrogens with one attached hydrogen (secondary N) is 1. The second kappa shape index (κ2) is 9.30. The van der Waals surface area contributed by atoms with Crippen LogP contribution < -0.4 is 15.6 Å². The molecule has 0 saturated heterocycles. The molecule has 1 N–H and O–H groups in total. The van der Waals surface area contributed by atoms with E-state index in [9.17, 15) is 9.59 Å². The number of ether oxygens (including phenoxy) is 1. The van der Waals surface area contributed by atoms with Crippen molar-refractivity contribution in [3.8, 4) is 17.3 Å². The van der Waals surface area contributed by atoms with Crippen molar-refractivity contribution in [2.24, 2.45) is 0 Å². The van der Waals surface area contributed by atoms with Crippen LogP contribution in [0.4, 0.5) is 0 Å². The molecular weight excluding hydrogens is 406 g/mol. The molecule has 4 rings (SSSR count). The summed E-state index contributed by atoms with van der Waals surface area (Å²) in [6, 6.07) is 21.3. The summed E-state index contributed by atoms with van der Waals surface area (Å²) >= 11 is 0. The first kappa shape index (κ1) is 21.0. The summed E-state index contributed by atoms with van der Waals surface area (Å²) in [5, 5.41) is 11.6. The molecule has 4 aromatic rings. The summed E-state index contributed by atoms with van der Waals surface area (Å²) in [6.07, 6.45) is 0. The molecule has 0 aliphatic carbocycles. The number of para-hydroxylation sites is 1. The smallest absolute Gasteiger partial charge is 0.266 e. The van der Waals surface area contributed by atoms with E-state index >= 15 is 0 Å². The Labute approximate surface area is 185 Å². The van der Waals surface area contributed by atoms with Gasteiger partial charge >= 0.3 is 0 Å². The van der Waals surface area contributed by atoms with Crippen LogP contribution in [0.15, 0.2) is 77.6 Å². The lowest BCUT2D eigenvalue weighted by atomic mass is 10.2. The van der Waals surface area contributed by atoms with E-state index in [2.05, 4.69) is 15.5 Å². The van der Waals surface area contributed by atoms with Gasteiger partial charge < -0.3 is 10.1 Å². The van der Waals surface area contributed by atoms with E-state index in [1.54, 1.807) is 35.0 Å². The van der Waals surface area contributed by atoms with Crippen molar-refractivity contribution < 1.29 is 9.53 Å². The highest BCUT2D eigenvalue weighted by Crippen LogP contribution is 2.21. The van der Waals surface area contributed by atoms with Gasteiger partial charge in [-0.3, -0.25) is 9.59 Å². The Bertz CT molecular complexity index is 1280. The minimum atomic E-state index is -0.244. The summed E-state index contributed by atoms with van der Waals surface area (Å²) in [5.74, 6) is 1.68. The lowest BCUT2D eigenvalue weighted by Gasteiger charge is -2.10. The molecule has 8 heteroatoms. The van der Waals surface area contributed by atoms with Gasteiger partial charge in [-0.2, -0.15) is 5.10 Å². The number of aromatic nitrogens is 4. The molecule has 1 amide bonds. The highest BCUT2D eigenvalue weighted by Gasteiger charge is 2.09. The number of aryl methyl sites for hydroxylation is 2. The van der Waals surface area contributed by atoms with Crippen molar-refractivity contribution in [2.45, 2.75) is 20.4 Å². The zero-order valence-electron chi connectivity index (χ0n) is 17.9. The lowest BCUT2D eigenvalue weighted by molar-refractivity contribution is 0.0951. The second-order valence-electron chi connectivity index (χ2n) is 7.29. The van der Waals surface area contributed by atoms with Crippen LogP contribution in [-0.4, -0.2) is 32.0 Å². The largest absolute Gasteiger partial charge is 0.457 e. The Hall–Kier alpha value is -4.20. The molecule has 0 unspecified atom stereocenters. The maximum Gasteiger partial charge on any atom is 0.266 e. The first-order valence-electron chi connectivity index (χ1n) is 10.2. The van der Waals surface area contributed by atoms with Gasteiger partial charge in [0.2, 0.25) is 0 Å². The van der Waals surface area contributed by atoms with Gasteiger partial charge in [0.05, 0.1) is 12.2 Å². The molecule has 0 atom stereocenters. The van der Waals surface area contributed by atoms with Crippen LogP contribution in [-0.2, 0) is 6.54 Å². The van der Waals surface area contributed by atoms with Gasteiger partial charge in [0.15, 0.2) is 5.82 Å². The van der Waals surface area contributed by atoms with Crippen LogP contribution in [0.1, 0.15) is 21.7 Å². The zero-order valence-corrected chi connectivity index (χ0v) is 17.9. The Kier molecular flexibility index (Phi) is 6.12. The predicted octanol–water partition coefficient (Wildman–Crippen LogP) is 3.27. The molecule has 0 spiro atoms. The minimum absolute atomic E-state index is 0.237. The van der Waals surface area contributed by atoms with Gasteiger partial charge in [-0.05, 0) is 62.4 Å². The summed E-state index contributed by atoms with van der Waals surface area (Å²) in [4.78, 5) is 24.6. The highest BCUT2D eigenvalue weighted by molar-refractivity contribution is 5.94. The summed E-state index contributed by atoms with van der Waals surface area (Å²) in [5.41, 5.74) is 2.05. The molecule has 0 aliphatic rings. The van der Waals surface area contributed by atoms with Gasteiger partial charge in [0.1, 0.15) is 11.5 Å². The van der Waals surface area contributed by atoms with Crippen molar-refractivity contribution in [3.05, 3.63) is 100 Å². The number of carbonyl (C=O) groups excluding carboxylic acids is 1. The van der Waals surface area contributed by atoms with Crippen molar-refractivity contribution in [1.82, 2.24) is 24.9 Å². The minimum Gasteiger partial charge on any atom is -0.457 e. The monoisotopic (exact) mass is 429 g/mol. The topological polar surface area (TPSA) is 91.0 Å². The average Bonchev–Trinajstić information content (AvgIpc) is 3.14. The van der Waals surface area contributed by atoms with Crippen molar-refractivity contribution in [2.75, 3.05) is 6.54 Å². The Morgan fingerprint density at radius 2 is 1.66 bits per heavy atom. The summed E-state index contributed by atoms with van der Waals surface area (Å²) in [7, 11) is 0. The lowest BCUT2D eigenvalue weighted by Crippen LogP contribution is -2.32. The first-order chi connectivity index (χ1) is 15.5. The fraction of sp³-hybridized carbons (Fsp3) is 0.167. The van der Waals surface area contributed by atoms with E-state index in [1.165, 1.54) is 10.7 Å². The maximum atomic E-state index is 12.5. The van der Waals surface area contributed by atoms with Crippen molar-refractivity contribution in [3.63, 3.8) is 0 Å². The number of benzene rings is 2. The Morgan fingerprint density at radius 3 is 2.34 bits per heavy atom. The van der Waals surface area contributed by atoms with Crippen LogP contribution >= 0.6 is 0 Å². The highest BCUT2D eigenvalue weighted by atomic mass is 16.5. The quantitative estimate of drug-likeness (QED) is 0.487. The van der Waals surface area contributed by atoms with Gasteiger partial charge in [0.25, 0.3) is 11.5 Å². The molecule has 8 nitrogen and oxygen atoms in total. The van der Waals surface area contributed by atoms with Gasteiger partial charge in [-0.25, -0.2) is 9.36 Å². The summed E-state index contributed by atoms with van der Waals surface area (Å²) < 4.78 is 8.74. The number of amides is 1. The predicted molar refractivity (Wildman–Crippen MR) is 120 cm³/mol. The van der Waals surface area contributed by atoms with Gasteiger partial charge in [-0.15, -0.1) is 5.10 Å². The molecule has 0 fully saturated rings. The molecule has 2 heterocycles. The number of hydrogen-bond acceptors (Lipinski definition) is 5. The maximum absolute atomic E-state index is 12.5. The fourth-order valence-electron chi connectivity index (χ4n) is 3.25. The van der Waals surface area contributed by atoms with E-state index in [0.29, 0.717) is 17.1 Å². The SMILES string of the molecule is Cc1cc(C)n(-c2ccc(=O)n(CCNC(=O)c3ccc(Oc4ccccc4)cc3)n2)n1. The number of carbonyl (C=O) groups is 1. The van der Waals surface area contributed by atoms with E-state index in [-0.39, 0.29) is 24.6 Å². The molecule has 2 aromatic carbocycles. The molecular formula is C24H23N5O3. The number of hydrogen-bond donors (Lipinski definition) is 1. The normalized spacial score (nSPS) is 10.7. The third-order valence-electron chi connectivity index (χ3n) is 4.78. The van der Waals surface area contributed by atoms with Crippen LogP contribution in [0.5, 0.6) is 11.5 Å². The van der Waals surface area contributed by atoms with Crippen LogP contribution in [0.25, 0.3) is 5.82 Å². The van der Waals surface area contributed by atoms with E-state index in [0.717, 1.165) is 17.1 Å². The fourth-order valence-corrected chi connectivity index (χ4v) is 3.25. The van der Waals surface area contributed by atoms with E-state index in [1.807, 2.05) is 50.2 Å². The van der Waals surface area contributed by atoms with Crippen LogP contribution in [0, 0.1) is 13.8 Å². The molecule has 0 bridgehead atoms. The van der Waals surface area contributed by atoms with Crippen LogP contribution in [0.2, 0.25) is 0 Å². The van der Waals surface area contributed by atoms with Crippen LogP contribution in [0.3, 0.4) is 0 Å². The van der Waals surface area contributed by atoms with Crippen molar-refractivity contribution in [1.29, 1.82) is 0 Å². The molecule has 162 valence electrons. The third-order valence-corrected chi connectivity index (χ3v) is 4.78. The zero-order chi connectivity index (χ0) is 22.5. The van der Waals surface area contributed by atoms with E-state index < -0.39 is 0 Å². The number of rotatable bonds is 7. The van der Waals surface area contributed by atoms with Gasteiger partial charge in [-0.1, -0.05) is 18.2 Å². The first-order valence-corrected chi connectivity index (χ1v) is 10.2. The molecule has 0 saturated carbocycles. The molecule has 0 radical (unpaired) electrons. The van der Waals surface area contributed by atoms with Gasteiger partial charge in [0, 0.05) is 23.9 Å². The molecule has 0 aliphatic heterocycles. The average molecular weight is 429 g/mol. The Morgan fingerprint density at radius 1 is 0.938 bits per heavy atom.